The van der Waals surface area contributed by atoms with Gasteiger partial charge in [0.05, 0.1) is 6.61 Å². The van der Waals surface area contributed by atoms with Gasteiger partial charge >= 0.3 is 0 Å². The van der Waals surface area contributed by atoms with Crippen LogP contribution < -0.4 is 16.1 Å². The van der Waals surface area contributed by atoms with Crippen molar-refractivity contribution in [2.75, 3.05) is 11.9 Å². The van der Waals surface area contributed by atoms with Crippen molar-refractivity contribution in [3.8, 4) is 11.5 Å². The van der Waals surface area contributed by atoms with Gasteiger partial charge in [0, 0.05) is 22.4 Å². The molecule has 1 N–H and O–H groups in total. The molecule has 1 unspecified atom stereocenters. The first-order valence-corrected chi connectivity index (χ1v) is 12.0. The SMILES string of the molecule is CCOP(=O)(c1ccccc1)c1nc(-c2ccc(Cl)cc2)oc1NCc1ccccc1. The number of rotatable bonds is 8. The molecular weight excluding hydrogens is 431 g/mol. The fourth-order valence-electron chi connectivity index (χ4n) is 3.18. The van der Waals surface area contributed by atoms with Gasteiger partial charge in [-0.1, -0.05) is 60.1 Å². The molecule has 0 radical (unpaired) electrons. The first kappa shape index (κ1) is 21.4. The Morgan fingerprint density at radius 2 is 1.61 bits per heavy atom. The summed E-state index contributed by atoms with van der Waals surface area (Å²) in [6.07, 6.45) is 0. The third-order valence-electron chi connectivity index (χ3n) is 4.68. The topological polar surface area (TPSA) is 64.4 Å². The molecule has 0 fully saturated rings. The maximum Gasteiger partial charge on any atom is 0.284 e. The van der Waals surface area contributed by atoms with Gasteiger partial charge in [0.2, 0.25) is 11.8 Å². The van der Waals surface area contributed by atoms with E-state index in [2.05, 4.69) is 10.3 Å². The number of oxazole rings is 1. The molecule has 1 aromatic heterocycles. The molecule has 1 heterocycles. The molecule has 0 bridgehead atoms. The van der Waals surface area contributed by atoms with E-state index in [1.807, 2.05) is 67.6 Å². The van der Waals surface area contributed by atoms with Crippen LogP contribution in [0.15, 0.2) is 89.3 Å². The maximum atomic E-state index is 14.1. The minimum absolute atomic E-state index is 0.265. The average Bonchev–Trinajstić information content (AvgIpc) is 3.24. The highest BCUT2D eigenvalue weighted by Crippen LogP contribution is 2.47. The van der Waals surface area contributed by atoms with Crippen molar-refractivity contribution < 1.29 is 13.5 Å². The third-order valence-corrected chi connectivity index (χ3v) is 7.39. The van der Waals surface area contributed by atoms with Gasteiger partial charge in [-0.2, -0.15) is 0 Å². The number of benzene rings is 3. The number of nitrogens with one attached hydrogen (secondary N) is 1. The van der Waals surface area contributed by atoms with Crippen molar-refractivity contribution in [1.82, 2.24) is 4.98 Å². The Bertz CT molecular complexity index is 1180. The van der Waals surface area contributed by atoms with Gasteiger partial charge in [-0.15, -0.1) is 0 Å². The minimum Gasteiger partial charge on any atom is -0.420 e. The number of halogens is 1. The molecule has 4 rings (SSSR count). The Kier molecular flexibility index (Phi) is 6.57. The molecule has 0 amide bonds. The van der Waals surface area contributed by atoms with E-state index in [1.165, 1.54) is 0 Å². The Morgan fingerprint density at radius 1 is 0.968 bits per heavy atom. The lowest BCUT2D eigenvalue weighted by atomic mass is 10.2. The highest BCUT2D eigenvalue weighted by molar-refractivity contribution is 7.74. The summed E-state index contributed by atoms with van der Waals surface area (Å²) in [5.74, 6) is 0.674. The smallest absolute Gasteiger partial charge is 0.284 e. The third kappa shape index (κ3) is 4.75. The standard InChI is InChI=1S/C24H22ClN2O3P/c1-2-29-31(28,21-11-7-4-8-12-21)24-23(26-17-18-9-5-3-6-10-18)30-22(27-24)19-13-15-20(25)16-14-19/h3-16,26H,2,17H2,1H3. The monoisotopic (exact) mass is 452 g/mol. The van der Waals surface area contributed by atoms with Crippen LogP contribution in [-0.2, 0) is 15.6 Å². The predicted octanol–water partition coefficient (Wildman–Crippen LogP) is 5.87. The van der Waals surface area contributed by atoms with Gasteiger partial charge in [-0.3, -0.25) is 4.57 Å². The Balaban J connectivity index is 1.79. The van der Waals surface area contributed by atoms with Crippen molar-refractivity contribution in [1.29, 1.82) is 0 Å². The van der Waals surface area contributed by atoms with Crippen molar-refractivity contribution in [2.45, 2.75) is 13.5 Å². The van der Waals surface area contributed by atoms with Crippen LogP contribution in [0, 0.1) is 0 Å². The summed E-state index contributed by atoms with van der Waals surface area (Å²) in [5.41, 5.74) is 2.06. The summed E-state index contributed by atoms with van der Waals surface area (Å²) in [6.45, 7) is 2.57. The van der Waals surface area contributed by atoms with E-state index in [-0.39, 0.29) is 12.0 Å². The fraction of sp³-hybridized carbons (Fsp3) is 0.125. The van der Waals surface area contributed by atoms with Gasteiger partial charge < -0.3 is 14.3 Å². The number of hydrogen-bond donors (Lipinski definition) is 1. The van der Waals surface area contributed by atoms with Crippen LogP contribution in [0.25, 0.3) is 11.5 Å². The number of hydrogen-bond acceptors (Lipinski definition) is 5. The van der Waals surface area contributed by atoms with Gasteiger partial charge in [0.25, 0.3) is 7.37 Å². The summed E-state index contributed by atoms with van der Waals surface area (Å²) in [5, 5.41) is 4.44. The van der Waals surface area contributed by atoms with Crippen LogP contribution in [0.4, 0.5) is 5.88 Å². The van der Waals surface area contributed by atoms with Gasteiger partial charge in [-0.25, -0.2) is 4.98 Å². The second-order valence-corrected chi connectivity index (χ2v) is 9.56. The Hall–Kier alpha value is -2.85. The second kappa shape index (κ2) is 9.52. The summed E-state index contributed by atoms with van der Waals surface area (Å²) < 4.78 is 26.0. The Morgan fingerprint density at radius 3 is 2.26 bits per heavy atom. The largest absolute Gasteiger partial charge is 0.420 e. The molecule has 158 valence electrons. The van der Waals surface area contributed by atoms with Crippen molar-refractivity contribution in [3.05, 3.63) is 95.5 Å². The average molecular weight is 453 g/mol. The van der Waals surface area contributed by atoms with Crippen molar-refractivity contribution in [2.24, 2.45) is 0 Å². The zero-order valence-corrected chi connectivity index (χ0v) is 18.6. The van der Waals surface area contributed by atoms with E-state index in [0.29, 0.717) is 28.6 Å². The lowest BCUT2D eigenvalue weighted by Gasteiger charge is -2.17. The molecule has 0 spiro atoms. The quantitative estimate of drug-likeness (QED) is 0.338. The molecule has 0 aliphatic rings. The highest BCUT2D eigenvalue weighted by Gasteiger charge is 2.36. The zero-order valence-electron chi connectivity index (χ0n) is 17.0. The van der Waals surface area contributed by atoms with Gasteiger partial charge in [-0.05, 0) is 48.9 Å². The first-order chi connectivity index (χ1) is 15.1. The van der Waals surface area contributed by atoms with Crippen LogP contribution in [0.1, 0.15) is 12.5 Å². The first-order valence-electron chi connectivity index (χ1n) is 9.95. The molecule has 1 atom stereocenters. The number of nitrogens with zero attached hydrogens (tertiary/aromatic N) is 1. The van der Waals surface area contributed by atoms with Crippen LogP contribution >= 0.6 is 19.0 Å². The summed E-state index contributed by atoms with van der Waals surface area (Å²) in [7, 11) is -3.49. The van der Waals surface area contributed by atoms with E-state index >= 15 is 0 Å². The summed E-state index contributed by atoms with van der Waals surface area (Å²) >= 11 is 6.02. The van der Waals surface area contributed by atoms with E-state index in [4.69, 9.17) is 20.5 Å². The minimum atomic E-state index is -3.49. The highest BCUT2D eigenvalue weighted by atomic mass is 35.5. The molecule has 3 aromatic carbocycles. The molecule has 0 saturated carbocycles. The van der Waals surface area contributed by atoms with Crippen LogP contribution in [0.5, 0.6) is 0 Å². The number of aromatic nitrogens is 1. The van der Waals surface area contributed by atoms with Crippen molar-refractivity contribution in [3.63, 3.8) is 0 Å². The van der Waals surface area contributed by atoms with Crippen molar-refractivity contribution >= 4 is 35.6 Å². The molecule has 4 aromatic rings. The van der Waals surface area contributed by atoms with Gasteiger partial charge in [0.15, 0.2) is 5.44 Å². The predicted molar refractivity (Wildman–Crippen MR) is 126 cm³/mol. The van der Waals surface area contributed by atoms with Crippen LogP contribution in [0.2, 0.25) is 5.02 Å². The summed E-state index contributed by atoms with van der Waals surface area (Å²) in [4.78, 5) is 4.63. The van der Waals surface area contributed by atoms with E-state index in [0.717, 1.165) is 11.1 Å². The molecule has 31 heavy (non-hydrogen) atoms. The van der Waals surface area contributed by atoms with Crippen LogP contribution in [-0.4, -0.2) is 11.6 Å². The zero-order chi connectivity index (χ0) is 21.7. The lowest BCUT2D eigenvalue weighted by molar-refractivity contribution is 0.347. The Labute approximate surface area is 186 Å². The molecular formula is C24H22ClN2O3P. The van der Waals surface area contributed by atoms with Crippen LogP contribution in [0.3, 0.4) is 0 Å². The van der Waals surface area contributed by atoms with E-state index in [9.17, 15) is 4.57 Å². The fourth-order valence-corrected chi connectivity index (χ4v) is 5.37. The van der Waals surface area contributed by atoms with Gasteiger partial charge in [0.1, 0.15) is 0 Å². The lowest BCUT2D eigenvalue weighted by Crippen LogP contribution is -2.22. The molecule has 0 aliphatic heterocycles. The molecule has 7 heteroatoms. The second-order valence-electron chi connectivity index (χ2n) is 6.82. The molecule has 0 saturated heterocycles. The summed E-state index contributed by atoms with van der Waals surface area (Å²) in [6, 6.07) is 26.1. The van der Waals surface area contributed by atoms with E-state index in [1.54, 1.807) is 24.3 Å². The number of anilines is 1. The maximum absolute atomic E-state index is 14.1. The normalized spacial score (nSPS) is 13.0. The molecule has 0 aliphatic carbocycles. The molecule has 5 nitrogen and oxygen atoms in total. The van der Waals surface area contributed by atoms with E-state index < -0.39 is 7.37 Å².